The predicted molar refractivity (Wildman–Crippen MR) is 99.5 cm³/mol. The van der Waals surface area contributed by atoms with E-state index in [0.717, 1.165) is 16.7 Å². The minimum Gasteiger partial charge on any atom is -0.457 e. The zero-order valence-corrected chi connectivity index (χ0v) is 16.6. The fourth-order valence-corrected chi connectivity index (χ4v) is 3.76. The standard InChI is InChI=1S/C20H28N2O5/c1-12-14(6-7-15-16(12)11-26-18(15)24)17-9-22(8-13(10-23)21(17)5)19(25)27-20(2,3)4/h6-7,13,17,23H,8-11H2,1-5H3/t13-,17+/m1/s1. The van der Waals surface area contributed by atoms with Gasteiger partial charge in [0.25, 0.3) is 0 Å². The van der Waals surface area contributed by atoms with Crippen LogP contribution in [0.4, 0.5) is 4.79 Å². The molecule has 0 unspecified atom stereocenters. The number of hydrogen-bond donors (Lipinski definition) is 1. The van der Waals surface area contributed by atoms with Crippen LogP contribution in [-0.4, -0.2) is 65.4 Å². The van der Waals surface area contributed by atoms with E-state index < -0.39 is 5.60 Å². The summed E-state index contributed by atoms with van der Waals surface area (Å²) in [6, 6.07) is 3.42. The van der Waals surface area contributed by atoms with Crippen molar-refractivity contribution in [2.45, 2.75) is 52.0 Å². The third-order valence-electron chi connectivity index (χ3n) is 5.32. The van der Waals surface area contributed by atoms with Gasteiger partial charge in [-0.3, -0.25) is 4.90 Å². The van der Waals surface area contributed by atoms with Crippen molar-refractivity contribution in [3.63, 3.8) is 0 Å². The van der Waals surface area contributed by atoms with Gasteiger partial charge in [0.05, 0.1) is 24.3 Å². The van der Waals surface area contributed by atoms with Gasteiger partial charge in [-0.05, 0) is 51.9 Å². The van der Waals surface area contributed by atoms with E-state index in [4.69, 9.17) is 9.47 Å². The fourth-order valence-electron chi connectivity index (χ4n) is 3.76. The molecule has 7 heteroatoms. The van der Waals surface area contributed by atoms with Crippen molar-refractivity contribution < 1.29 is 24.2 Å². The third-order valence-corrected chi connectivity index (χ3v) is 5.32. The van der Waals surface area contributed by atoms with Crippen LogP contribution < -0.4 is 0 Å². The molecule has 27 heavy (non-hydrogen) atoms. The van der Waals surface area contributed by atoms with Crippen LogP contribution in [0.1, 0.15) is 53.9 Å². The van der Waals surface area contributed by atoms with Crippen LogP contribution in [0, 0.1) is 6.92 Å². The third kappa shape index (κ3) is 3.80. The highest BCUT2D eigenvalue weighted by atomic mass is 16.6. The van der Waals surface area contributed by atoms with Gasteiger partial charge in [-0.25, -0.2) is 9.59 Å². The Labute approximate surface area is 159 Å². The Bertz CT molecular complexity index is 755. The molecule has 2 atom stereocenters. The predicted octanol–water partition coefficient (Wildman–Crippen LogP) is 2.25. The molecule has 1 aromatic rings. The Morgan fingerprint density at radius 3 is 2.67 bits per heavy atom. The van der Waals surface area contributed by atoms with Crippen LogP contribution in [0.5, 0.6) is 0 Å². The van der Waals surface area contributed by atoms with Gasteiger partial charge in [-0.2, -0.15) is 0 Å². The minimum atomic E-state index is -0.578. The van der Waals surface area contributed by atoms with E-state index in [1.807, 2.05) is 40.8 Å². The first kappa shape index (κ1) is 19.6. The van der Waals surface area contributed by atoms with Crippen LogP contribution in [-0.2, 0) is 16.1 Å². The largest absolute Gasteiger partial charge is 0.457 e. The van der Waals surface area contributed by atoms with Gasteiger partial charge in [0, 0.05) is 18.7 Å². The summed E-state index contributed by atoms with van der Waals surface area (Å²) in [7, 11) is 1.95. The molecule has 2 aliphatic rings. The maximum atomic E-state index is 12.6. The number of cyclic esters (lactones) is 1. The van der Waals surface area contributed by atoms with Crippen molar-refractivity contribution in [2.24, 2.45) is 0 Å². The highest BCUT2D eigenvalue weighted by Gasteiger charge is 2.38. The number of benzene rings is 1. The zero-order valence-electron chi connectivity index (χ0n) is 16.6. The first-order chi connectivity index (χ1) is 12.6. The van der Waals surface area contributed by atoms with Crippen molar-refractivity contribution >= 4 is 12.1 Å². The number of fused-ring (bicyclic) bond motifs is 1. The number of ether oxygens (including phenoxy) is 2. The molecule has 2 aliphatic heterocycles. The number of carbonyl (C=O) groups is 2. The highest BCUT2D eigenvalue weighted by molar-refractivity contribution is 5.94. The van der Waals surface area contributed by atoms with Gasteiger partial charge < -0.3 is 19.5 Å². The summed E-state index contributed by atoms with van der Waals surface area (Å²) >= 11 is 0. The molecule has 1 fully saturated rings. The first-order valence-corrected chi connectivity index (χ1v) is 9.22. The summed E-state index contributed by atoms with van der Waals surface area (Å²) in [5.74, 6) is -0.291. The number of nitrogens with zero attached hydrogens (tertiary/aromatic N) is 2. The molecule has 0 bridgehead atoms. The molecular weight excluding hydrogens is 348 g/mol. The molecule has 1 saturated heterocycles. The van der Waals surface area contributed by atoms with Crippen LogP contribution in [0.15, 0.2) is 12.1 Å². The Morgan fingerprint density at radius 1 is 1.33 bits per heavy atom. The van der Waals surface area contributed by atoms with Gasteiger partial charge in [-0.1, -0.05) is 6.07 Å². The van der Waals surface area contributed by atoms with Crippen molar-refractivity contribution in [2.75, 3.05) is 26.7 Å². The summed E-state index contributed by atoms with van der Waals surface area (Å²) in [5.41, 5.74) is 2.96. The number of hydrogen-bond acceptors (Lipinski definition) is 6. The summed E-state index contributed by atoms with van der Waals surface area (Å²) in [5, 5.41) is 9.83. The molecule has 0 spiro atoms. The topological polar surface area (TPSA) is 79.3 Å². The number of esters is 1. The van der Waals surface area contributed by atoms with Crippen molar-refractivity contribution in [1.29, 1.82) is 0 Å². The quantitative estimate of drug-likeness (QED) is 0.798. The van der Waals surface area contributed by atoms with E-state index in [1.165, 1.54) is 0 Å². The number of aliphatic hydroxyl groups excluding tert-OH is 1. The molecule has 0 aromatic heterocycles. The molecule has 0 radical (unpaired) electrons. The van der Waals surface area contributed by atoms with E-state index in [-0.39, 0.29) is 37.4 Å². The second-order valence-electron chi connectivity index (χ2n) is 8.29. The van der Waals surface area contributed by atoms with Gasteiger partial charge in [0.2, 0.25) is 0 Å². The minimum absolute atomic E-state index is 0.0577. The molecule has 3 rings (SSSR count). The number of carbonyl (C=O) groups excluding carboxylic acids is 2. The highest BCUT2D eigenvalue weighted by Crippen LogP contribution is 2.34. The molecule has 7 nitrogen and oxygen atoms in total. The van der Waals surface area contributed by atoms with E-state index >= 15 is 0 Å². The number of piperazine rings is 1. The molecule has 1 aromatic carbocycles. The van der Waals surface area contributed by atoms with Crippen molar-refractivity contribution in [3.8, 4) is 0 Å². The first-order valence-electron chi connectivity index (χ1n) is 9.22. The number of rotatable bonds is 2. The van der Waals surface area contributed by atoms with E-state index in [2.05, 4.69) is 4.90 Å². The van der Waals surface area contributed by atoms with Crippen LogP contribution in [0.25, 0.3) is 0 Å². The van der Waals surface area contributed by atoms with Crippen LogP contribution in [0.2, 0.25) is 0 Å². The summed E-state index contributed by atoms with van der Waals surface area (Å²) in [6.07, 6.45) is -0.378. The summed E-state index contributed by atoms with van der Waals surface area (Å²) < 4.78 is 10.7. The molecule has 0 saturated carbocycles. The molecular formula is C20H28N2O5. The van der Waals surface area contributed by atoms with E-state index in [0.29, 0.717) is 18.7 Å². The normalized spacial score (nSPS) is 23.2. The molecule has 2 heterocycles. The Kier molecular flexibility index (Phi) is 5.18. The Morgan fingerprint density at radius 2 is 2.04 bits per heavy atom. The SMILES string of the molecule is Cc1c([C@@H]2CN(C(=O)OC(C)(C)C)C[C@H](CO)N2C)ccc2c1COC2=O. The lowest BCUT2D eigenvalue weighted by Gasteiger charge is -2.45. The lowest BCUT2D eigenvalue weighted by atomic mass is 9.91. The second kappa shape index (κ2) is 7.13. The molecule has 0 aliphatic carbocycles. The lowest BCUT2D eigenvalue weighted by Crippen LogP contribution is -2.56. The van der Waals surface area contributed by atoms with Gasteiger partial charge in [0.15, 0.2) is 0 Å². The maximum Gasteiger partial charge on any atom is 0.410 e. The van der Waals surface area contributed by atoms with Crippen LogP contribution >= 0.6 is 0 Å². The van der Waals surface area contributed by atoms with Crippen molar-refractivity contribution in [3.05, 3.63) is 34.4 Å². The number of amides is 1. The summed E-state index contributed by atoms with van der Waals surface area (Å²) in [4.78, 5) is 28.2. The van der Waals surface area contributed by atoms with E-state index in [1.54, 1.807) is 11.0 Å². The van der Waals surface area contributed by atoms with Gasteiger partial charge in [-0.15, -0.1) is 0 Å². The summed E-state index contributed by atoms with van der Waals surface area (Å²) in [6.45, 7) is 8.57. The second-order valence-corrected chi connectivity index (χ2v) is 8.29. The zero-order chi connectivity index (χ0) is 19.9. The average Bonchev–Trinajstić information content (AvgIpc) is 2.96. The smallest absolute Gasteiger partial charge is 0.410 e. The van der Waals surface area contributed by atoms with Crippen molar-refractivity contribution in [1.82, 2.24) is 9.80 Å². The lowest BCUT2D eigenvalue weighted by molar-refractivity contribution is -0.0168. The molecule has 148 valence electrons. The van der Waals surface area contributed by atoms with Crippen LogP contribution in [0.3, 0.4) is 0 Å². The Balaban J connectivity index is 1.91. The van der Waals surface area contributed by atoms with E-state index in [9.17, 15) is 14.7 Å². The Hall–Kier alpha value is -2.12. The van der Waals surface area contributed by atoms with Gasteiger partial charge in [0.1, 0.15) is 12.2 Å². The number of likely N-dealkylation sites (N-methyl/N-ethyl adjacent to an activating group) is 1. The maximum absolute atomic E-state index is 12.6. The van der Waals surface area contributed by atoms with Gasteiger partial charge >= 0.3 is 12.1 Å². The molecule has 1 amide bonds. The average molecular weight is 376 g/mol. The fraction of sp³-hybridized carbons (Fsp3) is 0.600. The number of aliphatic hydroxyl groups is 1. The molecule has 1 N–H and O–H groups in total. The monoisotopic (exact) mass is 376 g/mol.